The number of carboxylic acid groups (broad SMARTS) is 1. The first kappa shape index (κ1) is 14.4. The van der Waals surface area contributed by atoms with Gasteiger partial charge in [-0.1, -0.05) is 41.9 Å². The number of aliphatic carboxylic acids is 1. The Balaban J connectivity index is 2.08. The lowest BCUT2D eigenvalue weighted by atomic mass is 10.1. The lowest BCUT2D eigenvalue weighted by molar-refractivity contribution is -0.136. The SMILES string of the molecule is O=C(O)Cc1cc(-c2ccc(Cl)cc2)nn1-c1ccccc1. The highest BCUT2D eigenvalue weighted by molar-refractivity contribution is 6.30. The van der Waals surface area contributed by atoms with E-state index in [1.807, 2.05) is 42.5 Å². The first-order valence-corrected chi connectivity index (χ1v) is 7.13. The van der Waals surface area contributed by atoms with E-state index in [-0.39, 0.29) is 6.42 Å². The van der Waals surface area contributed by atoms with Crippen LogP contribution < -0.4 is 0 Å². The Morgan fingerprint density at radius 3 is 2.41 bits per heavy atom. The largest absolute Gasteiger partial charge is 0.481 e. The molecule has 1 aromatic heterocycles. The number of carbonyl (C=O) groups is 1. The third-order valence-corrected chi connectivity index (χ3v) is 3.51. The van der Waals surface area contributed by atoms with Gasteiger partial charge in [0.05, 0.1) is 23.5 Å². The molecule has 2 aromatic carbocycles. The number of nitrogens with zero attached hydrogens (tertiary/aromatic N) is 2. The molecule has 1 heterocycles. The molecule has 0 bridgehead atoms. The molecule has 0 aliphatic carbocycles. The number of para-hydroxylation sites is 1. The molecular formula is C17H13ClN2O2. The molecule has 0 saturated carbocycles. The second-order valence-electron chi connectivity index (χ2n) is 4.85. The van der Waals surface area contributed by atoms with E-state index in [1.54, 1.807) is 22.9 Å². The zero-order chi connectivity index (χ0) is 15.5. The summed E-state index contributed by atoms with van der Waals surface area (Å²) in [5.41, 5.74) is 3.07. The van der Waals surface area contributed by atoms with Crippen LogP contribution in [0.2, 0.25) is 5.02 Å². The predicted molar refractivity (Wildman–Crippen MR) is 85.3 cm³/mol. The van der Waals surface area contributed by atoms with Crippen LogP contribution in [-0.2, 0) is 11.2 Å². The van der Waals surface area contributed by atoms with Crippen LogP contribution in [0, 0.1) is 0 Å². The molecule has 3 rings (SSSR count). The Bertz CT molecular complexity index is 795. The van der Waals surface area contributed by atoms with Crippen molar-refractivity contribution in [3.05, 3.63) is 71.4 Å². The fourth-order valence-corrected chi connectivity index (χ4v) is 2.38. The fourth-order valence-electron chi connectivity index (χ4n) is 2.26. The number of hydrogen-bond donors (Lipinski definition) is 1. The molecule has 0 aliphatic rings. The van der Waals surface area contributed by atoms with Gasteiger partial charge in [0.2, 0.25) is 0 Å². The minimum atomic E-state index is -0.889. The van der Waals surface area contributed by atoms with Crippen LogP contribution in [0.3, 0.4) is 0 Å². The average molecular weight is 313 g/mol. The Morgan fingerprint density at radius 2 is 1.77 bits per heavy atom. The summed E-state index contributed by atoms with van der Waals surface area (Å²) < 4.78 is 1.66. The summed E-state index contributed by atoms with van der Waals surface area (Å²) in [5, 5.41) is 14.3. The van der Waals surface area contributed by atoms with Gasteiger partial charge < -0.3 is 5.11 Å². The molecule has 0 unspecified atom stereocenters. The lowest BCUT2D eigenvalue weighted by Crippen LogP contribution is -2.07. The van der Waals surface area contributed by atoms with Gasteiger partial charge in [0.15, 0.2) is 0 Å². The number of hydrogen-bond acceptors (Lipinski definition) is 2. The van der Waals surface area contributed by atoms with Gasteiger partial charge in [-0.15, -0.1) is 0 Å². The highest BCUT2D eigenvalue weighted by Gasteiger charge is 2.13. The zero-order valence-electron chi connectivity index (χ0n) is 11.6. The molecule has 0 amide bonds. The van der Waals surface area contributed by atoms with Crippen molar-refractivity contribution < 1.29 is 9.90 Å². The van der Waals surface area contributed by atoms with Crippen LogP contribution in [0.4, 0.5) is 0 Å². The summed E-state index contributed by atoms with van der Waals surface area (Å²) >= 11 is 5.90. The third-order valence-electron chi connectivity index (χ3n) is 3.26. The quantitative estimate of drug-likeness (QED) is 0.796. The second-order valence-corrected chi connectivity index (χ2v) is 5.28. The van der Waals surface area contributed by atoms with E-state index >= 15 is 0 Å². The van der Waals surface area contributed by atoms with Crippen LogP contribution in [0.25, 0.3) is 16.9 Å². The molecular weight excluding hydrogens is 300 g/mol. The highest BCUT2D eigenvalue weighted by Crippen LogP contribution is 2.23. The Hall–Kier alpha value is -2.59. The van der Waals surface area contributed by atoms with Gasteiger partial charge >= 0.3 is 5.97 Å². The molecule has 22 heavy (non-hydrogen) atoms. The van der Waals surface area contributed by atoms with E-state index in [0.29, 0.717) is 10.7 Å². The van der Waals surface area contributed by atoms with Gasteiger partial charge in [-0.05, 0) is 30.3 Å². The van der Waals surface area contributed by atoms with Gasteiger partial charge in [0.25, 0.3) is 0 Å². The van der Waals surface area contributed by atoms with E-state index in [1.165, 1.54) is 0 Å². The molecule has 3 aromatic rings. The summed E-state index contributed by atoms with van der Waals surface area (Å²) in [6.07, 6.45) is -0.0878. The Kier molecular flexibility index (Phi) is 3.94. The van der Waals surface area contributed by atoms with E-state index in [4.69, 9.17) is 16.7 Å². The van der Waals surface area contributed by atoms with Crippen molar-refractivity contribution in [3.63, 3.8) is 0 Å². The minimum absolute atomic E-state index is 0.0878. The van der Waals surface area contributed by atoms with Gasteiger partial charge in [-0.2, -0.15) is 5.10 Å². The Labute approximate surface area is 132 Å². The summed E-state index contributed by atoms with van der Waals surface area (Å²) in [6, 6.07) is 18.6. The van der Waals surface area contributed by atoms with Gasteiger partial charge in [-0.3, -0.25) is 4.79 Å². The number of benzene rings is 2. The number of carboxylic acids is 1. The van der Waals surface area contributed by atoms with Gasteiger partial charge in [0.1, 0.15) is 0 Å². The summed E-state index contributed by atoms with van der Waals surface area (Å²) in [5.74, 6) is -0.889. The maximum atomic E-state index is 11.1. The van der Waals surface area contributed by atoms with E-state index in [9.17, 15) is 4.79 Å². The number of halogens is 1. The summed E-state index contributed by atoms with van der Waals surface area (Å²) in [6.45, 7) is 0. The van der Waals surface area contributed by atoms with E-state index in [2.05, 4.69) is 5.10 Å². The molecule has 0 aliphatic heterocycles. The monoisotopic (exact) mass is 312 g/mol. The zero-order valence-corrected chi connectivity index (χ0v) is 12.4. The standard InChI is InChI=1S/C17H13ClN2O2/c18-13-8-6-12(7-9-13)16-10-15(11-17(21)22)20(19-16)14-4-2-1-3-5-14/h1-10H,11H2,(H,21,22). The van der Waals surface area contributed by atoms with Crippen LogP contribution in [0.1, 0.15) is 5.69 Å². The highest BCUT2D eigenvalue weighted by atomic mass is 35.5. The van der Waals surface area contributed by atoms with E-state index in [0.717, 1.165) is 16.9 Å². The summed E-state index contributed by atoms with van der Waals surface area (Å²) in [7, 11) is 0. The summed E-state index contributed by atoms with van der Waals surface area (Å²) in [4.78, 5) is 11.1. The van der Waals surface area contributed by atoms with Crippen LogP contribution >= 0.6 is 11.6 Å². The maximum Gasteiger partial charge on any atom is 0.309 e. The fraction of sp³-hybridized carbons (Fsp3) is 0.0588. The molecule has 4 nitrogen and oxygen atoms in total. The van der Waals surface area contributed by atoms with Crippen molar-refractivity contribution >= 4 is 17.6 Å². The average Bonchev–Trinajstić information content (AvgIpc) is 2.92. The molecule has 0 atom stereocenters. The maximum absolute atomic E-state index is 11.1. The second kappa shape index (κ2) is 6.03. The van der Waals surface area contributed by atoms with Crippen LogP contribution in [-0.4, -0.2) is 20.9 Å². The first-order chi connectivity index (χ1) is 10.6. The van der Waals surface area contributed by atoms with Crippen molar-refractivity contribution in [3.8, 4) is 16.9 Å². The smallest absolute Gasteiger partial charge is 0.309 e. The van der Waals surface area contributed by atoms with Crippen molar-refractivity contribution in [2.24, 2.45) is 0 Å². The molecule has 0 spiro atoms. The van der Waals surface area contributed by atoms with Crippen molar-refractivity contribution in [2.75, 3.05) is 0 Å². The molecule has 110 valence electrons. The van der Waals surface area contributed by atoms with Crippen LogP contribution in [0.15, 0.2) is 60.7 Å². The lowest BCUT2D eigenvalue weighted by Gasteiger charge is -2.05. The van der Waals surface area contributed by atoms with Gasteiger partial charge in [0, 0.05) is 10.6 Å². The van der Waals surface area contributed by atoms with Crippen molar-refractivity contribution in [1.29, 1.82) is 0 Å². The third kappa shape index (κ3) is 3.02. The predicted octanol–water partition coefficient (Wildman–Crippen LogP) is 3.82. The molecule has 0 fully saturated rings. The van der Waals surface area contributed by atoms with Crippen molar-refractivity contribution in [2.45, 2.75) is 6.42 Å². The van der Waals surface area contributed by atoms with Crippen LogP contribution in [0.5, 0.6) is 0 Å². The van der Waals surface area contributed by atoms with E-state index < -0.39 is 5.97 Å². The number of rotatable bonds is 4. The first-order valence-electron chi connectivity index (χ1n) is 6.75. The topological polar surface area (TPSA) is 55.1 Å². The molecule has 5 heteroatoms. The minimum Gasteiger partial charge on any atom is -0.481 e. The molecule has 0 radical (unpaired) electrons. The van der Waals surface area contributed by atoms with Crippen molar-refractivity contribution in [1.82, 2.24) is 9.78 Å². The number of aromatic nitrogens is 2. The Morgan fingerprint density at radius 1 is 1.09 bits per heavy atom. The molecule has 1 N–H and O–H groups in total. The normalized spacial score (nSPS) is 10.6. The van der Waals surface area contributed by atoms with Gasteiger partial charge in [-0.25, -0.2) is 4.68 Å². The molecule has 0 saturated heterocycles.